The van der Waals surface area contributed by atoms with E-state index in [4.69, 9.17) is 0 Å². The van der Waals surface area contributed by atoms with Crippen LogP contribution >= 0.6 is 0 Å². The molecular weight excluding hydrogens is 134 g/mol. The molecule has 3 atom stereocenters. The Bertz CT molecular complexity index is 133. The Morgan fingerprint density at radius 3 is 2.82 bits per heavy atom. The van der Waals surface area contributed by atoms with E-state index < -0.39 is 0 Å². The average molecular weight is 153 g/mol. The molecule has 0 amide bonds. The minimum absolute atomic E-state index is 0.920. The summed E-state index contributed by atoms with van der Waals surface area (Å²) in [6.07, 6.45) is 5.97. The predicted molar refractivity (Wildman–Crippen MR) is 47.5 cm³/mol. The molecule has 0 aromatic heterocycles. The lowest BCUT2D eigenvalue weighted by molar-refractivity contribution is 0.356. The van der Waals surface area contributed by atoms with Gasteiger partial charge < -0.3 is 5.32 Å². The molecule has 1 N–H and O–H groups in total. The second-order valence-corrected chi connectivity index (χ2v) is 4.45. The average Bonchev–Trinajstić information content (AvgIpc) is 2.31. The number of hydrogen-bond donors (Lipinski definition) is 1. The third kappa shape index (κ3) is 1.58. The minimum atomic E-state index is 0.920. The van der Waals surface area contributed by atoms with Gasteiger partial charge in [-0.25, -0.2) is 0 Å². The molecule has 1 saturated heterocycles. The van der Waals surface area contributed by atoms with E-state index in [1.807, 2.05) is 0 Å². The highest BCUT2D eigenvalue weighted by atomic mass is 14.9. The van der Waals surface area contributed by atoms with Crippen molar-refractivity contribution in [2.45, 2.75) is 32.6 Å². The van der Waals surface area contributed by atoms with Crippen LogP contribution in [0.2, 0.25) is 0 Å². The fraction of sp³-hybridized carbons (Fsp3) is 1.00. The van der Waals surface area contributed by atoms with E-state index in [0.717, 1.165) is 17.8 Å². The van der Waals surface area contributed by atoms with Crippen LogP contribution in [0.1, 0.15) is 32.6 Å². The zero-order valence-corrected chi connectivity index (χ0v) is 7.47. The molecule has 3 unspecified atom stereocenters. The molecule has 2 fully saturated rings. The van der Waals surface area contributed by atoms with Crippen LogP contribution < -0.4 is 5.32 Å². The minimum Gasteiger partial charge on any atom is -0.316 e. The summed E-state index contributed by atoms with van der Waals surface area (Å²) in [5, 5.41) is 3.57. The number of hydrogen-bond acceptors (Lipinski definition) is 1. The summed E-state index contributed by atoms with van der Waals surface area (Å²) in [6.45, 7) is 4.94. The molecule has 1 heteroatoms. The van der Waals surface area contributed by atoms with Crippen molar-refractivity contribution in [2.75, 3.05) is 13.1 Å². The normalized spacial score (nSPS) is 45.0. The zero-order chi connectivity index (χ0) is 7.68. The van der Waals surface area contributed by atoms with E-state index in [2.05, 4.69) is 12.2 Å². The van der Waals surface area contributed by atoms with E-state index >= 15 is 0 Å². The van der Waals surface area contributed by atoms with Gasteiger partial charge in [0.25, 0.3) is 0 Å². The lowest BCUT2D eigenvalue weighted by Crippen LogP contribution is -2.22. The van der Waals surface area contributed by atoms with E-state index in [0.29, 0.717) is 0 Å². The number of rotatable bonds is 0. The van der Waals surface area contributed by atoms with Gasteiger partial charge in [0.2, 0.25) is 0 Å². The van der Waals surface area contributed by atoms with Gasteiger partial charge in [-0.1, -0.05) is 19.8 Å². The third-order valence-electron chi connectivity index (χ3n) is 3.42. The lowest BCUT2D eigenvalue weighted by atomic mass is 9.89. The summed E-state index contributed by atoms with van der Waals surface area (Å²) in [6, 6.07) is 0. The van der Waals surface area contributed by atoms with Crippen LogP contribution in [0.25, 0.3) is 0 Å². The van der Waals surface area contributed by atoms with E-state index in [9.17, 15) is 0 Å². The van der Waals surface area contributed by atoms with Gasteiger partial charge in [0, 0.05) is 0 Å². The fourth-order valence-electron chi connectivity index (χ4n) is 2.81. The first-order valence-electron chi connectivity index (χ1n) is 5.07. The summed E-state index contributed by atoms with van der Waals surface area (Å²) in [7, 11) is 0. The molecule has 0 radical (unpaired) electrons. The maximum atomic E-state index is 3.57. The van der Waals surface area contributed by atoms with Crippen molar-refractivity contribution in [2.24, 2.45) is 17.8 Å². The quantitative estimate of drug-likeness (QED) is 0.561. The first kappa shape index (κ1) is 7.60. The molecule has 2 rings (SSSR count). The molecule has 0 aromatic carbocycles. The zero-order valence-electron chi connectivity index (χ0n) is 7.47. The van der Waals surface area contributed by atoms with Gasteiger partial charge in [-0.15, -0.1) is 0 Å². The van der Waals surface area contributed by atoms with Crippen molar-refractivity contribution in [3.63, 3.8) is 0 Å². The maximum absolute atomic E-state index is 3.57. The van der Waals surface area contributed by atoms with Crippen LogP contribution in [0.4, 0.5) is 0 Å². The summed E-state index contributed by atoms with van der Waals surface area (Å²) >= 11 is 0. The second kappa shape index (κ2) is 3.14. The van der Waals surface area contributed by atoms with Gasteiger partial charge in [0.05, 0.1) is 0 Å². The smallest absolute Gasteiger partial charge is 0.00178 e. The molecule has 11 heavy (non-hydrogen) atoms. The Morgan fingerprint density at radius 1 is 1.09 bits per heavy atom. The first-order chi connectivity index (χ1) is 5.36. The van der Waals surface area contributed by atoms with Crippen molar-refractivity contribution < 1.29 is 0 Å². The first-order valence-corrected chi connectivity index (χ1v) is 5.07. The Balaban J connectivity index is 1.98. The summed E-state index contributed by atoms with van der Waals surface area (Å²) < 4.78 is 0. The molecule has 1 heterocycles. The lowest BCUT2D eigenvalue weighted by Gasteiger charge is -2.16. The SMILES string of the molecule is CC1CNCC2CCCC2C1. The largest absolute Gasteiger partial charge is 0.316 e. The Kier molecular flexibility index (Phi) is 2.17. The van der Waals surface area contributed by atoms with Crippen LogP contribution in [0.3, 0.4) is 0 Å². The van der Waals surface area contributed by atoms with E-state index in [-0.39, 0.29) is 0 Å². The molecule has 1 aliphatic heterocycles. The molecule has 1 saturated carbocycles. The molecule has 1 aliphatic carbocycles. The number of nitrogens with one attached hydrogen (secondary N) is 1. The highest BCUT2D eigenvalue weighted by molar-refractivity contribution is 4.83. The molecule has 64 valence electrons. The van der Waals surface area contributed by atoms with Gasteiger partial charge in [-0.3, -0.25) is 0 Å². The summed E-state index contributed by atoms with van der Waals surface area (Å²) in [4.78, 5) is 0. The van der Waals surface area contributed by atoms with Crippen LogP contribution in [-0.2, 0) is 0 Å². The predicted octanol–water partition coefficient (Wildman–Crippen LogP) is 2.03. The van der Waals surface area contributed by atoms with Crippen LogP contribution in [0, 0.1) is 17.8 Å². The summed E-state index contributed by atoms with van der Waals surface area (Å²) in [5.74, 6) is 3.02. The second-order valence-electron chi connectivity index (χ2n) is 4.45. The molecule has 0 spiro atoms. The molecular formula is C10H19N. The highest BCUT2D eigenvalue weighted by Crippen LogP contribution is 2.36. The standard InChI is InChI=1S/C10H19N/c1-8-5-9-3-2-4-10(9)7-11-6-8/h8-11H,2-7H2,1H3. The number of fused-ring (bicyclic) bond motifs is 1. The van der Waals surface area contributed by atoms with Crippen molar-refractivity contribution >= 4 is 0 Å². The van der Waals surface area contributed by atoms with Crippen molar-refractivity contribution in [1.29, 1.82) is 0 Å². The Labute approximate surface area is 69.6 Å². The van der Waals surface area contributed by atoms with Gasteiger partial charge >= 0.3 is 0 Å². The van der Waals surface area contributed by atoms with E-state index in [1.165, 1.54) is 38.8 Å². The molecule has 2 aliphatic rings. The van der Waals surface area contributed by atoms with Crippen LogP contribution in [0.5, 0.6) is 0 Å². The maximum Gasteiger partial charge on any atom is -0.00178 e. The highest BCUT2D eigenvalue weighted by Gasteiger charge is 2.29. The van der Waals surface area contributed by atoms with E-state index in [1.54, 1.807) is 0 Å². The van der Waals surface area contributed by atoms with Gasteiger partial charge in [-0.2, -0.15) is 0 Å². The molecule has 0 aromatic rings. The fourth-order valence-corrected chi connectivity index (χ4v) is 2.81. The van der Waals surface area contributed by atoms with Gasteiger partial charge in [0.15, 0.2) is 0 Å². The van der Waals surface area contributed by atoms with Gasteiger partial charge in [-0.05, 0) is 43.7 Å². The van der Waals surface area contributed by atoms with Crippen LogP contribution in [0.15, 0.2) is 0 Å². The Morgan fingerprint density at radius 2 is 1.91 bits per heavy atom. The monoisotopic (exact) mass is 153 g/mol. The summed E-state index contributed by atoms with van der Waals surface area (Å²) in [5.41, 5.74) is 0. The third-order valence-corrected chi connectivity index (χ3v) is 3.42. The van der Waals surface area contributed by atoms with Gasteiger partial charge in [0.1, 0.15) is 0 Å². The Hall–Kier alpha value is -0.0400. The van der Waals surface area contributed by atoms with Crippen molar-refractivity contribution in [3.05, 3.63) is 0 Å². The molecule has 0 bridgehead atoms. The molecule has 1 nitrogen and oxygen atoms in total. The topological polar surface area (TPSA) is 12.0 Å². The van der Waals surface area contributed by atoms with Crippen LogP contribution in [-0.4, -0.2) is 13.1 Å². The van der Waals surface area contributed by atoms with Crippen molar-refractivity contribution in [1.82, 2.24) is 5.32 Å². The van der Waals surface area contributed by atoms with Crippen molar-refractivity contribution in [3.8, 4) is 0 Å².